The van der Waals surface area contributed by atoms with Gasteiger partial charge < -0.3 is 31.6 Å². The molecule has 0 aromatic rings. The van der Waals surface area contributed by atoms with E-state index in [0.717, 1.165) is 0 Å². The lowest BCUT2D eigenvalue weighted by Gasteiger charge is -2.52. The predicted molar refractivity (Wildman–Crippen MR) is 118 cm³/mol. The van der Waals surface area contributed by atoms with Gasteiger partial charge in [-0.3, -0.25) is 9.28 Å². The van der Waals surface area contributed by atoms with Gasteiger partial charge in [0.05, 0.1) is 26.8 Å². The van der Waals surface area contributed by atoms with Crippen LogP contribution in [0.5, 0.6) is 0 Å². The smallest absolute Gasteiger partial charge is 0.347 e. The maximum Gasteiger partial charge on any atom is 0.347 e. The van der Waals surface area contributed by atoms with Gasteiger partial charge in [0, 0.05) is 6.08 Å². The Morgan fingerprint density at radius 3 is 2.00 bits per heavy atom. The molecule has 1 N–H and O–H groups in total. The minimum atomic E-state index is -2.04. The summed E-state index contributed by atoms with van der Waals surface area (Å²) in [5, 5.41) is 11.0. The van der Waals surface area contributed by atoms with Crippen molar-refractivity contribution in [2.24, 2.45) is 5.41 Å². The number of hydrogen-bond donors (Lipinski definition) is 1. The number of halogens is 1. The molecule has 1 rings (SSSR count). The standard InChI is InChI=1S/C24H36NO5.BrH/c1-8-13-22(14-9-2)20(26)19-23(28,15-10-3)21(27)30-24(22,16-11-4)25(6,7)17-18-29-12-5;/h8-16,28H,5,17-19H2,1-4,6-7H3;1H/q+1;/p-1. The molecule has 0 saturated carbocycles. The molecule has 7 heteroatoms. The van der Waals surface area contributed by atoms with E-state index in [-0.39, 0.29) is 27.2 Å². The molecule has 1 aliphatic rings. The summed E-state index contributed by atoms with van der Waals surface area (Å²) in [6.07, 6.45) is 14.3. The summed E-state index contributed by atoms with van der Waals surface area (Å²) in [6, 6.07) is 0. The third kappa shape index (κ3) is 5.27. The molecule has 0 aromatic heterocycles. The zero-order valence-electron chi connectivity index (χ0n) is 19.4. The fourth-order valence-electron chi connectivity index (χ4n) is 4.14. The highest BCUT2D eigenvalue weighted by atomic mass is 79.9. The van der Waals surface area contributed by atoms with Crippen LogP contribution in [0.15, 0.2) is 61.4 Å². The molecule has 0 bridgehead atoms. The largest absolute Gasteiger partial charge is 1.00 e. The highest BCUT2D eigenvalue weighted by molar-refractivity contribution is 5.98. The van der Waals surface area contributed by atoms with E-state index in [0.29, 0.717) is 13.2 Å². The molecule has 2 unspecified atom stereocenters. The molecular weight excluding hydrogens is 462 g/mol. The van der Waals surface area contributed by atoms with Crippen molar-refractivity contribution in [3.63, 3.8) is 0 Å². The van der Waals surface area contributed by atoms with E-state index < -0.39 is 29.1 Å². The maximum atomic E-state index is 13.8. The van der Waals surface area contributed by atoms with Crippen molar-refractivity contribution in [1.82, 2.24) is 0 Å². The normalized spacial score (nSPS) is 30.0. The second-order valence-electron chi connectivity index (χ2n) is 7.93. The molecule has 1 heterocycles. The van der Waals surface area contributed by atoms with Crippen LogP contribution in [0.25, 0.3) is 0 Å². The van der Waals surface area contributed by atoms with Crippen LogP contribution in [0.4, 0.5) is 0 Å². The topological polar surface area (TPSA) is 72.8 Å². The summed E-state index contributed by atoms with van der Waals surface area (Å²) >= 11 is 0. The van der Waals surface area contributed by atoms with Gasteiger partial charge in [0.1, 0.15) is 13.2 Å². The number of Topliss-reactive ketones (excluding diaryl/α,β-unsaturated/α-hetero) is 1. The van der Waals surface area contributed by atoms with Crippen molar-refractivity contribution in [3.8, 4) is 0 Å². The molecule has 1 aliphatic heterocycles. The van der Waals surface area contributed by atoms with E-state index in [1.807, 2.05) is 27.9 Å². The number of hydrogen-bond acceptors (Lipinski definition) is 5. The van der Waals surface area contributed by atoms with Crippen molar-refractivity contribution < 1.29 is 45.6 Å². The first-order valence-electron chi connectivity index (χ1n) is 10.2. The molecule has 0 aliphatic carbocycles. The number of quaternary nitrogens is 1. The zero-order chi connectivity index (χ0) is 23.1. The molecular formula is C24H36BrNO5. The first-order chi connectivity index (χ1) is 14.1. The number of cyclic esters (lactones) is 1. The number of allylic oxidation sites excluding steroid dienone is 4. The van der Waals surface area contributed by atoms with Crippen LogP contribution in [0.1, 0.15) is 34.1 Å². The number of rotatable bonds is 9. The van der Waals surface area contributed by atoms with Gasteiger partial charge in [-0.25, -0.2) is 4.79 Å². The highest BCUT2D eigenvalue weighted by Crippen LogP contribution is 2.49. The Hall–Kier alpha value is -1.96. The summed E-state index contributed by atoms with van der Waals surface area (Å²) in [5.74, 6) is -1.18. The second kappa shape index (κ2) is 11.6. The summed E-state index contributed by atoms with van der Waals surface area (Å²) in [4.78, 5) is 27.0. The summed E-state index contributed by atoms with van der Waals surface area (Å²) < 4.78 is 11.6. The molecule has 0 spiro atoms. The lowest BCUT2D eigenvalue weighted by molar-refractivity contribution is -0.962. The van der Waals surface area contributed by atoms with Crippen LogP contribution >= 0.6 is 0 Å². The number of aliphatic hydroxyl groups is 1. The Kier molecular flexibility index (Phi) is 10.9. The fourth-order valence-corrected chi connectivity index (χ4v) is 4.14. The van der Waals surface area contributed by atoms with Crippen molar-refractivity contribution >= 4 is 11.8 Å². The quantitative estimate of drug-likeness (QED) is 0.165. The molecule has 0 amide bonds. The molecule has 2 atom stereocenters. The highest BCUT2D eigenvalue weighted by Gasteiger charge is 2.68. The molecule has 1 fully saturated rings. The number of ether oxygens (including phenoxy) is 2. The molecule has 0 aromatic carbocycles. The average molecular weight is 498 g/mol. The van der Waals surface area contributed by atoms with E-state index in [9.17, 15) is 14.7 Å². The number of carbonyl (C=O) groups excluding carboxylic acids is 2. The zero-order valence-corrected chi connectivity index (χ0v) is 21.0. The van der Waals surface area contributed by atoms with Gasteiger partial charge in [-0.15, -0.1) is 0 Å². The van der Waals surface area contributed by atoms with Crippen LogP contribution in [0.2, 0.25) is 0 Å². The maximum absolute atomic E-state index is 13.8. The third-order valence-electron chi connectivity index (χ3n) is 5.57. The molecule has 31 heavy (non-hydrogen) atoms. The molecule has 6 nitrogen and oxygen atoms in total. The Labute approximate surface area is 197 Å². The minimum absolute atomic E-state index is 0. The van der Waals surface area contributed by atoms with Gasteiger partial charge in [-0.2, -0.15) is 0 Å². The van der Waals surface area contributed by atoms with Crippen LogP contribution in [0, 0.1) is 5.41 Å². The summed E-state index contributed by atoms with van der Waals surface area (Å²) in [6.45, 7) is 11.4. The minimum Gasteiger partial charge on any atom is -1.00 e. The van der Waals surface area contributed by atoms with Crippen molar-refractivity contribution in [3.05, 3.63) is 61.4 Å². The van der Waals surface area contributed by atoms with Crippen LogP contribution in [-0.2, 0) is 19.1 Å². The van der Waals surface area contributed by atoms with E-state index in [4.69, 9.17) is 9.47 Å². The van der Waals surface area contributed by atoms with Gasteiger partial charge >= 0.3 is 5.97 Å². The van der Waals surface area contributed by atoms with Crippen molar-refractivity contribution in [2.75, 3.05) is 27.2 Å². The number of likely N-dealkylation sites (N-methyl/N-ethyl adjacent to an activating group) is 1. The van der Waals surface area contributed by atoms with Crippen LogP contribution < -0.4 is 17.0 Å². The predicted octanol–water partition coefficient (Wildman–Crippen LogP) is 0.461. The molecule has 0 radical (unpaired) electrons. The SMILES string of the molecule is C=COCC[N+](C)(C)C1(C=CC)OC(=O)C(O)(C=CC)CC(=O)C1(C=CC)C=CC.[Br-]. The van der Waals surface area contributed by atoms with Gasteiger partial charge in [-0.05, 0) is 33.8 Å². The summed E-state index contributed by atoms with van der Waals surface area (Å²) in [5.41, 5.74) is -4.82. The molecule has 174 valence electrons. The van der Waals surface area contributed by atoms with E-state index in [2.05, 4.69) is 6.58 Å². The third-order valence-corrected chi connectivity index (χ3v) is 5.57. The van der Waals surface area contributed by atoms with Gasteiger partial charge in [0.2, 0.25) is 0 Å². The second-order valence-corrected chi connectivity index (χ2v) is 7.93. The summed E-state index contributed by atoms with van der Waals surface area (Å²) in [7, 11) is 3.74. The van der Waals surface area contributed by atoms with Gasteiger partial charge in [0.15, 0.2) is 16.8 Å². The van der Waals surface area contributed by atoms with Crippen LogP contribution in [-0.4, -0.2) is 59.9 Å². The monoisotopic (exact) mass is 497 g/mol. The van der Waals surface area contributed by atoms with Gasteiger partial charge in [-0.1, -0.05) is 43.0 Å². The van der Waals surface area contributed by atoms with E-state index in [1.165, 1.54) is 12.3 Å². The lowest BCUT2D eigenvalue weighted by Crippen LogP contribution is -3.00. The fraction of sp³-hybridized carbons (Fsp3) is 0.500. The van der Waals surface area contributed by atoms with Gasteiger partial charge in [0.25, 0.3) is 5.72 Å². The number of esters is 1. The Morgan fingerprint density at radius 1 is 1.03 bits per heavy atom. The number of carbonyl (C=O) groups is 2. The van der Waals surface area contributed by atoms with Crippen molar-refractivity contribution in [2.45, 2.75) is 45.4 Å². The Morgan fingerprint density at radius 2 is 1.55 bits per heavy atom. The van der Waals surface area contributed by atoms with Crippen molar-refractivity contribution in [1.29, 1.82) is 0 Å². The Bertz CT molecular complexity index is 756. The van der Waals surface area contributed by atoms with E-state index in [1.54, 1.807) is 56.4 Å². The first kappa shape index (κ1) is 29.0. The van der Waals surface area contributed by atoms with E-state index >= 15 is 0 Å². The average Bonchev–Trinajstić information content (AvgIpc) is 2.72. The first-order valence-corrected chi connectivity index (χ1v) is 10.2. The number of ketones is 1. The number of nitrogens with zero attached hydrogens (tertiary/aromatic N) is 1. The Balaban J connectivity index is 0.00000900. The lowest BCUT2D eigenvalue weighted by atomic mass is 9.69. The molecule has 1 saturated heterocycles. The van der Waals surface area contributed by atoms with Crippen LogP contribution in [0.3, 0.4) is 0 Å².